The fraction of sp³-hybridized carbons (Fsp3) is 0.125. The van der Waals surface area contributed by atoms with Crippen molar-refractivity contribution in [1.82, 2.24) is 20.2 Å². The summed E-state index contributed by atoms with van der Waals surface area (Å²) in [5, 5.41) is 9.99. The first-order valence-corrected chi connectivity index (χ1v) is 7.52. The number of nitrogens with zero attached hydrogens (tertiary/aromatic N) is 4. The van der Waals surface area contributed by atoms with Crippen LogP contribution < -0.4 is 0 Å². The van der Waals surface area contributed by atoms with Crippen LogP contribution in [0.5, 0.6) is 0 Å². The molecule has 0 aliphatic carbocycles. The van der Waals surface area contributed by atoms with E-state index >= 15 is 0 Å². The molecule has 0 saturated carbocycles. The Kier molecular flexibility index (Phi) is 4.64. The van der Waals surface area contributed by atoms with Gasteiger partial charge in [0.05, 0.1) is 18.4 Å². The highest BCUT2D eigenvalue weighted by Crippen LogP contribution is 2.31. The molecule has 0 radical (unpaired) electrons. The Labute approximate surface area is 150 Å². The van der Waals surface area contributed by atoms with Gasteiger partial charge in [0, 0.05) is 5.02 Å². The second-order valence-electron chi connectivity index (χ2n) is 5.18. The molecule has 0 unspecified atom stereocenters. The number of ether oxygens (including phenoxy) is 1. The number of hydrogen-bond donors (Lipinski definition) is 0. The van der Waals surface area contributed by atoms with Crippen molar-refractivity contribution in [2.24, 2.45) is 0 Å². The molecule has 0 N–H and O–H groups in total. The Balaban J connectivity index is 2.20. The number of hydrogen-bond acceptors (Lipinski definition) is 5. The largest absolute Gasteiger partial charge is 0.465 e. The zero-order valence-corrected chi connectivity index (χ0v) is 13.9. The fourth-order valence-corrected chi connectivity index (χ4v) is 2.44. The quantitative estimate of drug-likeness (QED) is 0.645. The molecular weight excluding hydrogens is 373 g/mol. The summed E-state index contributed by atoms with van der Waals surface area (Å²) in [5.41, 5.74) is 1.14. The van der Waals surface area contributed by atoms with E-state index < -0.39 is 18.0 Å². The van der Waals surface area contributed by atoms with Crippen molar-refractivity contribution >= 4 is 17.6 Å². The minimum absolute atomic E-state index is 0.0322. The number of rotatable bonds is 3. The summed E-state index contributed by atoms with van der Waals surface area (Å²) in [6.45, 7) is 0. The third-order valence-corrected chi connectivity index (χ3v) is 3.74. The number of esters is 1. The van der Waals surface area contributed by atoms with E-state index in [-0.39, 0.29) is 11.3 Å². The zero-order chi connectivity index (χ0) is 18.9. The number of carbonyl (C=O) groups excluding carboxylic acids is 1. The smallest absolute Gasteiger partial charge is 0.453 e. The van der Waals surface area contributed by atoms with Crippen molar-refractivity contribution in [1.29, 1.82) is 0 Å². The zero-order valence-electron chi connectivity index (χ0n) is 13.2. The molecule has 10 heteroatoms. The molecule has 134 valence electrons. The highest BCUT2D eigenvalue weighted by molar-refractivity contribution is 6.30. The van der Waals surface area contributed by atoms with Gasteiger partial charge in [-0.2, -0.15) is 17.9 Å². The molecule has 0 amide bonds. The van der Waals surface area contributed by atoms with E-state index in [2.05, 4.69) is 20.3 Å². The first-order valence-electron chi connectivity index (χ1n) is 7.15. The number of halogens is 4. The van der Waals surface area contributed by atoms with Gasteiger partial charge >= 0.3 is 12.1 Å². The van der Waals surface area contributed by atoms with E-state index in [1.165, 1.54) is 25.3 Å². The molecule has 2 aromatic carbocycles. The van der Waals surface area contributed by atoms with Crippen LogP contribution in [-0.2, 0) is 10.9 Å². The lowest BCUT2D eigenvalue weighted by molar-refractivity contribution is -0.146. The van der Waals surface area contributed by atoms with Crippen molar-refractivity contribution < 1.29 is 22.7 Å². The van der Waals surface area contributed by atoms with Gasteiger partial charge in [0.15, 0.2) is 0 Å². The van der Waals surface area contributed by atoms with Gasteiger partial charge in [-0.25, -0.2) is 4.79 Å². The lowest BCUT2D eigenvalue weighted by atomic mass is 10.0. The van der Waals surface area contributed by atoms with Crippen LogP contribution in [0.15, 0.2) is 42.5 Å². The second-order valence-corrected chi connectivity index (χ2v) is 5.62. The van der Waals surface area contributed by atoms with Crippen LogP contribution in [0.2, 0.25) is 5.02 Å². The average Bonchev–Trinajstić information content (AvgIpc) is 3.11. The van der Waals surface area contributed by atoms with Crippen LogP contribution in [0, 0.1) is 0 Å². The summed E-state index contributed by atoms with van der Waals surface area (Å²) >= 11 is 5.86. The molecule has 3 rings (SSSR count). The Morgan fingerprint density at radius 2 is 1.81 bits per heavy atom. The number of benzene rings is 2. The minimum atomic E-state index is -4.76. The van der Waals surface area contributed by atoms with Crippen molar-refractivity contribution in [3.8, 4) is 16.8 Å². The summed E-state index contributed by atoms with van der Waals surface area (Å²) in [4.78, 5) is 11.9. The van der Waals surface area contributed by atoms with E-state index in [9.17, 15) is 18.0 Å². The number of aromatic nitrogens is 4. The average molecular weight is 383 g/mol. The molecule has 0 bridgehead atoms. The Hall–Kier alpha value is -2.94. The van der Waals surface area contributed by atoms with E-state index in [0.717, 1.165) is 0 Å². The summed E-state index contributed by atoms with van der Waals surface area (Å²) < 4.78 is 44.5. The summed E-state index contributed by atoms with van der Waals surface area (Å²) in [6, 6.07) is 10.7. The molecule has 1 aromatic heterocycles. The standard InChI is InChI=1S/C16H10ClF3N4O2/c1-26-14(25)11-6-10(9-2-4-12(17)5-3-9)7-13(8-11)24-15(16(18,19)20)21-22-23-24/h2-8H,1H3. The van der Waals surface area contributed by atoms with E-state index in [1.807, 2.05) is 0 Å². The molecule has 3 aromatic rings. The summed E-state index contributed by atoms with van der Waals surface area (Å²) in [7, 11) is 1.18. The van der Waals surface area contributed by atoms with Gasteiger partial charge in [0.25, 0.3) is 5.82 Å². The van der Waals surface area contributed by atoms with Gasteiger partial charge < -0.3 is 4.74 Å². The molecule has 0 atom stereocenters. The predicted octanol–water partition coefficient (Wildman–Crippen LogP) is 3.79. The molecule has 0 aliphatic heterocycles. The third-order valence-electron chi connectivity index (χ3n) is 3.48. The summed E-state index contributed by atoms with van der Waals surface area (Å²) in [6.07, 6.45) is -4.76. The van der Waals surface area contributed by atoms with Gasteiger partial charge in [-0.15, -0.1) is 5.10 Å². The second kappa shape index (κ2) is 6.75. The van der Waals surface area contributed by atoms with E-state index in [0.29, 0.717) is 20.8 Å². The van der Waals surface area contributed by atoms with Crippen LogP contribution in [0.25, 0.3) is 16.8 Å². The van der Waals surface area contributed by atoms with Crippen LogP contribution in [0.3, 0.4) is 0 Å². The van der Waals surface area contributed by atoms with Gasteiger partial charge in [0.1, 0.15) is 0 Å². The van der Waals surface area contributed by atoms with Gasteiger partial charge in [-0.3, -0.25) is 0 Å². The molecule has 0 spiro atoms. The highest BCUT2D eigenvalue weighted by Gasteiger charge is 2.38. The lowest BCUT2D eigenvalue weighted by Crippen LogP contribution is -2.15. The molecule has 0 aliphatic rings. The first-order chi connectivity index (χ1) is 12.3. The number of methoxy groups -OCH3 is 1. The third kappa shape index (κ3) is 3.52. The monoisotopic (exact) mass is 382 g/mol. The molecular formula is C16H10ClF3N4O2. The maximum absolute atomic E-state index is 13.1. The number of tetrazole rings is 1. The molecule has 0 fully saturated rings. The fourth-order valence-electron chi connectivity index (χ4n) is 2.32. The lowest BCUT2D eigenvalue weighted by Gasteiger charge is -2.11. The SMILES string of the molecule is COC(=O)c1cc(-c2ccc(Cl)cc2)cc(-n2nnnc2C(F)(F)F)c1. The van der Waals surface area contributed by atoms with E-state index in [1.54, 1.807) is 24.3 Å². The molecule has 6 nitrogen and oxygen atoms in total. The predicted molar refractivity (Wildman–Crippen MR) is 85.9 cm³/mol. The Morgan fingerprint density at radius 3 is 2.42 bits per heavy atom. The van der Waals surface area contributed by atoms with Crippen molar-refractivity contribution in [3.63, 3.8) is 0 Å². The molecule has 0 saturated heterocycles. The van der Waals surface area contributed by atoms with Crippen molar-refractivity contribution in [2.45, 2.75) is 6.18 Å². The van der Waals surface area contributed by atoms with Crippen molar-refractivity contribution in [2.75, 3.05) is 7.11 Å². The van der Waals surface area contributed by atoms with Crippen LogP contribution in [-0.4, -0.2) is 33.3 Å². The normalized spacial score (nSPS) is 11.4. The Bertz CT molecular complexity index is 955. The van der Waals surface area contributed by atoms with Gasteiger partial charge in [-0.05, 0) is 51.9 Å². The van der Waals surface area contributed by atoms with Crippen molar-refractivity contribution in [3.05, 3.63) is 58.9 Å². The number of carbonyl (C=O) groups is 1. The summed E-state index contributed by atoms with van der Waals surface area (Å²) in [5.74, 6) is -2.01. The first kappa shape index (κ1) is 17.9. The van der Waals surface area contributed by atoms with E-state index in [4.69, 9.17) is 11.6 Å². The van der Waals surface area contributed by atoms with Gasteiger partial charge in [-0.1, -0.05) is 23.7 Å². The van der Waals surface area contributed by atoms with Gasteiger partial charge in [0.2, 0.25) is 0 Å². The Morgan fingerprint density at radius 1 is 1.12 bits per heavy atom. The molecule has 26 heavy (non-hydrogen) atoms. The van der Waals surface area contributed by atoms with Crippen LogP contribution in [0.4, 0.5) is 13.2 Å². The maximum Gasteiger partial charge on any atom is 0.453 e. The maximum atomic E-state index is 13.1. The number of alkyl halides is 3. The topological polar surface area (TPSA) is 69.9 Å². The highest BCUT2D eigenvalue weighted by atomic mass is 35.5. The molecule has 1 heterocycles. The van der Waals surface area contributed by atoms with Crippen LogP contribution in [0.1, 0.15) is 16.2 Å². The van der Waals surface area contributed by atoms with Crippen LogP contribution >= 0.6 is 11.6 Å². The minimum Gasteiger partial charge on any atom is -0.465 e.